The van der Waals surface area contributed by atoms with Crippen LogP contribution >= 0.6 is 11.3 Å². The van der Waals surface area contributed by atoms with Crippen LogP contribution in [0.15, 0.2) is 48.2 Å². The van der Waals surface area contributed by atoms with E-state index in [0.717, 1.165) is 15.8 Å². The Hall–Kier alpha value is -2.27. The fourth-order valence-electron chi connectivity index (χ4n) is 1.99. The van der Waals surface area contributed by atoms with Crippen LogP contribution in [0.25, 0.3) is 10.2 Å². The van der Waals surface area contributed by atoms with E-state index in [1.807, 2.05) is 31.2 Å². The first-order valence-electron chi connectivity index (χ1n) is 6.28. The summed E-state index contributed by atoms with van der Waals surface area (Å²) in [5.41, 5.74) is 4.34. The molecule has 4 nitrogen and oxygen atoms in total. The van der Waals surface area contributed by atoms with Gasteiger partial charge < -0.3 is 5.32 Å². The van der Waals surface area contributed by atoms with Crippen LogP contribution in [0.3, 0.4) is 0 Å². The van der Waals surface area contributed by atoms with Crippen molar-refractivity contribution in [2.75, 3.05) is 0 Å². The van der Waals surface area contributed by atoms with Gasteiger partial charge in [-0.25, -0.2) is 4.98 Å². The van der Waals surface area contributed by atoms with Crippen LogP contribution < -0.4 is 5.32 Å². The Kier molecular flexibility index (Phi) is 3.43. The monoisotopic (exact) mass is 283 g/mol. The van der Waals surface area contributed by atoms with Gasteiger partial charge in [-0.15, -0.1) is 11.3 Å². The molecule has 1 unspecified atom stereocenters. The predicted octanol–water partition coefficient (Wildman–Crippen LogP) is 3.18. The van der Waals surface area contributed by atoms with Crippen molar-refractivity contribution < 1.29 is 4.79 Å². The lowest BCUT2D eigenvalue weighted by Gasteiger charge is -2.13. The Morgan fingerprint density at radius 3 is 3.05 bits per heavy atom. The molecule has 1 aromatic carbocycles. The molecule has 100 valence electrons. The highest BCUT2D eigenvalue weighted by atomic mass is 32.1. The van der Waals surface area contributed by atoms with E-state index in [-0.39, 0.29) is 11.9 Å². The highest BCUT2D eigenvalue weighted by Crippen LogP contribution is 2.19. The number of thiazole rings is 1. The van der Waals surface area contributed by atoms with E-state index in [4.69, 9.17) is 0 Å². The molecule has 0 bridgehead atoms. The number of hydrogen-bond acceptors (Lipinski definition) is 4. The third-order valence-corrected chi connectivity index (χ3v) is 3.92. The second-order valence-electron chi connectivity index (χ2n) is 4.52. The maximum Gasteiger partial charge on any atom is 0.251 e. The molecule has 0 saturated heterocycles. The van der Waals surface area contributed by atoms with E-state index in [9.17, 15) is 4.79 Å². The standard InChI is InChI=1S/C15H13N3OS/c1-10(12-3-2-6-16-8-12)18-15(19)11-4-5-13-14(7-11)20-9-17-13/h2-10H,1H3,(H,18,19). The Bertz CT molecular complexity index is 739. The van der Waals surface area contributed by atoms with Crippen molar-refractivity contribution in [3.05, 3.63) is 59.4 Å². The summed E-state index contributed by atoms with van der Waals surface area (Å²) >= 11 is 1.53. The summed E-state index contributed by atoms with van der Waals surface area (Å²) in [6, 6.07) is 9.28. The third-order valence-electron chi connectivity index (χ3n) is 3.13. The lowest BCUT2D eigenvalue weighted by molar-refractivity contribution is 0.0940. The molecule has 0 aliphatic carbocycles. The molecule has 3 aromatic rings. The zero-order valence-corrected chi connectivity index (χ0v) is 11.7. The zero-order chi connectivity index (χ0) is 13.9. The number of benzene rings is 1. The van der Waals surface area contributed by atoms with Crippen LogP contribution in [0, 0.1) is 0 Å². The van der Waals surface area contributed by atoms with Crippen molar-refractivity contribution in [2.24, 2.45) is 0 Å². The molecule has 1 N–H and O–H groups in total. The van der Waals surface area contributed by atoms with Gasteiger partial charge in [-0.2, -0.15) is 0 Å². The SMILES string of the molecule is CC(NC(=O)c1ccc2ncsc2c1)c1cccnc1. The number of nitrogens with one attached hydrogen (secondary N) is 1. The number of aromatic nitrogens is 2. The van der Waals surface area contributed by atoms with Crippen LogP contribution in [0.5, 0.6) is 0 Å². The molecule has 0 radical (unpaired) electrons. The van der Waals surface area contributed by atoms with Crippen LogP contribution in [0.4, 0.5) is 0 Å². The summed E-state index contributed by atoms with van der Waals surface area (Å²) in [5.74, 6) is -0.0864. The van der Waals surface area contributed by atoms with Crippen molar-refractivity contribution in [2.45, 2.75) is 13.0 Å². The van der Waals surface area contributed by atoms with Gasteiger partial charge in [0.1, 0.15) is 0 Å². The number of carbonyl (C=O) groups excluding carboxylic acids is 1. The van der Waals surface area contributed by atoms with Gasteiger partial charge >= 0.3 is 0 Å². The maximum atomic E-state index is 12.2. The molecule has 0 aliphatic heterocycles. The van der Waals surface area contributed by atoms with E-state index in [1.165, 1.54) is 11.3 Å². The quantitative estimate of drug-likeness (QED) is 0.803. The van der Waals surface area contributed by atoms with Crippen LogP contribution in [-0.4, -0.2) is 15.9 Å². The average molecular weight is 283 g/mol. The summed E-state index contributed by atoms with van der Waals surface area (Å²) in [6.45, 7) is 1.94. The summed E-state index contributed by atoms with van der Waals surface area (Å²) in [6.07, 6.45) is 3.48. The smallest absolute Gasteiger partial charge is 0.251 e. The normalized spacial score (nSPS) is 12.2. The number of pyridine rings is 1. The van der Waals surface area contributed by atoms with Crippen molar-refractivity contribution in [3.8, 4) is 0 Å². The fourth-order valence-corrected chi connectivity index (χ4v) is 2.71. The topological polar surface area (TPSA) is 54.9 Å². The van der Waals surface area contributed by atoms with Crippen LogP contribution in [-0.2, 0) is 0 Å². The first kappa shape index (κ1) is 12.7. The predicted molar refractivity (Wildman–Crippen MR) is 79.7 cm³/mol. The van der Waals surface area contributed by atoms with Gasteiger partial charge in [0.2, 0.25) is 0 Å². The maximum absolute atomic E-state index is 12.2. The van der Waals surface area contributed by atoms with Crippen LogP contribution in [0.1, 0.15) is 28.9 Å². The van der Waals surface area contributed by atoms with E-state index >= 15 is 0 Å². The lowest BCUT2D eigenvalue weighted by atomic mass is 10.1. The second-order valence-corrected chi connectivity index (χ2v) is 5.40. The number of fused-ring (bicyclic) bond motifs is 1. The molecule has 0 aliphatic rings. The van der Waals surface area contributed by atoms with Crippen molar-refractivity contribution in [1.29, 1.82) is 0 Å². The highest BCUT2D eigenvalue weighted by molar-refractivity contribution is 7.16. The molecule has 5 heteroatoms. The van der Waals surface area contributed by atoms with E-state index < -0.39 is 0 Å². The zero-order valence-electron chi connectivity index (χ0n) is 10.9. The molecule has 0 saturated carbocycles. The Labute approximate surface area is 120 Å². The molecule has 0 spiro atoms. The van der Waals surface area contributed by atoms with Gasteiger partial charge in [-0.05, 0) is 36.8 Å². The third kappa shape index (κ3) is 2.53. The molecule has 0 fully saturated rings. The molecular weight excluding hydrogens is 270 g/mol. The van der Waals surface area contributed by atoms with Gasteiger partial charge in [-0.3, -0.25) is 9.78 Å². The van der Waals surface area contributed by atoms with Gasteiger partial charge in [-0.1, -0.05) is 6.07 Å². The molecule has 1 atom stereocenters. The number of hydrogen-bond donors (Lipinski definition) is 1. The number of amides is 1. The van der Waals surface area contributed by atoms with Gasteiger partial charge in [0.25, 0.3) is 5.91 Å². The molecule has 1 amide bonds. The van der Waals surface area contributed by atoms with E-state index in [2.05, 4.69) is 15.3 Å². The minimum absolute atomic E-state index is 0.0756. The summed E-state index contributed by atoms with van der Waals surface area (Å²) in [5, 5.41) is 2.97. The minimum Gasteiger partial charge on any atom is -0.345 e. The first-order valence-corrected chi connectivity index (χ1v) is 7.16. The minimum atomic E-state index is -0.0864. The number of rotatable bonds is 3. The number of nitrogens with zero attached hydrogens (tertiary/aromatic N) is 2. The average Bonchev–Trinajstić information content (AvgIpc) is 2.95. The summed E-state index contributed by atoms with van der Waals surface area (Å²) < 4.78 is 1.02. The molecular formula is C15H13N3OS. The Morgan fingerprint density at radius 1 is 1.35 bits per heavy atom. The van der Waals surface area contributed by atoms with Gasteiger partial charge in [0, 0.05) is 18.0 Å². The van der Waals surface area contributed by atoms with Crippen molar-refractivity contribution in [1.82, 2.24) is 15.3 Å². The summed E-state index contributed by atoms with van der Waals surface area (Å²) in [7, 11) is 0. The van der Waals surface area contributed by atoms with Crippen molar-refractivity contribution in [3.63, 3.8) is 0 Å². The highest BCUT2D eigenvalue weighted by Gasteiger charge is 2.12. The Balaban J connectivity index is 1.78. The van der Waals surface area contributed by atoms with Crippen molar-refractivity contribution >= 4 is 27.5 Å². The van der Waals surface area contributed by atoms with Gasteiger partial charge in [0.15, 0.2) is 0 Å². The van der Waals surface area contributed by atoms with Gasteiger partial charge in [0.05, 0.1) is 21.8 Å². The van der Waals surface area contributed by atoms with E-state index in [0.29, 0.717) is 5.56 Å². The molecule has 3 rings (SSSR count). The summed E-state index contributed by atoms with van der Waals surface area (Å²) in [4.78, 5) is 20.5. The molecule has 2 aromatic heterocycles. The second kappa shape index (κ2) is 5.38. The molecule has 20 heavy (non-hydrogen) atoms. The number of carbonyl (C=O) groups is 1. The fraction of sp³-hybridized carbons (Fsp3) is 0.133. The Morgan fingerprint density at radius 2 is 2.25 bits per heavy atom. The lowest BCUT2D eigenvalue weighted by Crippen LogP contribution is -2.26. The first-order chi connectivity index (χ1) is 9.74. The molecule has 2 heterocycles. The van der Waals surface area contributed by atoms with E-state index in [1.54, 1.807) is 24.0 Å². The largest absolute Gasteiger partial charge is 0.345 e. The van der Waals surface area contributed by atoms with Crippen LogP contribution in [0.2, 0.25) is 0 Å².